The fourth-order valence-corrected chi connectivity index (χ4v) is 7.61. The summed E-state index contributed by atoms with van der Waals surface area (Å²) in [6.07, 6.45) is 61.0. The third-order valence-electron chi connectivity index (χ3n) is 11.6. The van der Waals surface area contributed by atoms with Crippen LogP contribution in [0.4, 0.5) is 0 Å². The van der Waals surface area contributed by atoms with E-state index in [1.54, 1.807) is 0 Å². The van der Waals surface area contributed by atoms with Crippen molar-refractivity contribution in [2.24, 2.45) is 0 Å². The first-order valence-corrected chi connectivity index (χ1v) is 26.6. The van der Waals surface area contributed by atoms with Gasteiger partial charge in [-0.3, -0.25) is 14.4 Å². The number of ether oxygens (including phenoxy) is 3. The highest BCUT2D eigenvalue weighted by Gasteiger charge is 2.19. The zero-order valence-electron chi connectivity index (χ0n) is 41.1. The summed E-state index contributed by atoms with van der Waals surface area (Å²) in [6, 6.07) is 0. The Kier molecular flexibility index (Phi) is 48.8. The second-order valence-corrected chi connectivity index (χ2v) is 17.8. The van der Waals surface area contributed by atoms with Crippen LogP contribution < -0.4 is 0 Å². The second-order valence-electron chi connectivity index (χ2n) is 17.8. The molecule has 1 unspecified atom stereocenters. The summed E-state index contributed by atoms with van der Waals surface area (Å²) in [5.74, 6) is -0.896. The van der Waals surface area contributed by atoms with Gasteiger partial charge in [-0.1, -0.05) is 243 Å². The zero-order chi connectivity index (χ0) is 45.1. The normalized spacial score (nSPS) is 12.4. The van der Waals surface area contributed by atoms with Crippen LogP contribution in [-0.4, -0.2) is 37.2 Å². The van der Waals surface area contributed by atoms with Crippen molar-refractivity contribution in [3.05, 3.63) is 48.6 Å². The van der Waals surface area contributed by atoms with Crippen LogP contribution in [0.25, 0.3) is 0 Å². The van der Waals surface area contributed by atoms with Crippen LogP contribution >= 0.6 is 0 Å². The van der Waals surface area contributed by atoms with E-state index >= 15 is 0 Å². The van der Waals surface area contributed by atoms with E-state index in [0.29, 0.717) is 19.3 Å². The van der Waals surface area contributed by atoms with Crippen molar-refractivity contribution in [2.75, 3.05) is 13.2 Å². The monoisotopic (exact) mass is 869 g/mol. The number of allylic oxidation sites excluding steroid dienone is 8. The number of unbranched alkanes of at least 4 members (excludes halogenated alkanes) is 29. The molecular weight excluding hydrogens is 769 g/mol. The first kappa shape index (κ1) is 59.4. The zero-order valence-corrected chi connectivity index (χ0v) is 41.1. The molecule has 0 rings (SSSR count). The van der Waals surface area contributed by atoms with Gasteiger partial charge in [0.25, 0.3) is 0 Å². The van der Waals surface area contributed by atoms with E-state index in [-0.39, 0.29) is 31.1 Å². The van der Waals surface area contributed by atoms with E-state index < -0.39 is 6.10 Å². The Morgan fingerprint density at radius 1 is 0.339 bits per heavy atom. The molecule has 0 radical (unpaired) electrons. The molecule has 0 aromatic heterocycles. The molecule has 360 valence electrons. The molecule has 0 aliphatic carbocycles. The lowest BCUT2D eigenvalue weighted by atomic mass is 10.0. The van der Waals surface area contributed by atoms with Crippen molar-refractivity contribution in [3.63, 3.8) is 0 Å². The SMILES string of the molecule is CC/C=C\C/C=C\C/C=C\C/C=C\CCCCCCC(=O)OC(COC(=O)CCCCCCCCCCC)COC(=O)CCCCCCCCCCCCCCCCCCCC. The smallest absolute Gasteiger partial charge is 0.306 e. The lowest BCUT2D eigenvalue weighted by molar-refractivity contribution is -0.167. The average molecular weight is 869 g/mol. The summed E-state index contributed by atoms with van der Waals surface area (Å²) in [5, 5.41) is 0. The van der Waals surface area contributed by atoms with Gasteiger partial charge in [0.2, 0.25) is 0 Å². The molecule has 0 saturated heterocycles. The molecule has 0 aliphatic rings. The molecule has 62 heavy (non-hydrogen) atoms. The maximum atomic E-state index is 12.8. The molecule has 0 heterocycles. The summed E-state index contributed by atoms with van der Waals surface area (Å²) < 4.78 is 16.8. The minimum atomic E-state index is -0.781. The van der Waals surface area contributed by atoms with E-state index in [4.69, 9.17) is 14.2 Å². The van der Waals surface area contributed by atoms with Crippen molar-refractivity contribution in [2.45, 2.75) is 277 Å². The lowest BCUT2D eigenvalue weighted by Gasteiger charge is -2.18. The van der Waals surface area contributed by atoms with Crippen molar-refractivity contribution < 1.29 is 28.6 Å². The van der Waals surface area contributed by atoms with Gasteiger partial charge in [0.1, 0.15) is 13.2 Å². The van der Waals surface area contributed by atoms with E-state index in [0.717, 1.165) is 96.3 Å². The predicted octanol–water partition coefficient (Wildman–Crippen LogP) is 17.5. The highest BCUT2D eigenvalue weighted by molar-refractivity contribution is 5.71. The Labute approximate surface area is 384 Å². The number of rotatable bonds is 48. The number of esters is 3. The molecule has 0 aromatic rings. The van der Waals surface area contributed by atoms with E-state index in [1.807, 2.05) is 0 Å². The third-order valence-corrected chi connectivity index (χ3v) is 11.6. The first-order valence-electron chi connectivity index (χ1n) is 26.6. The van der Waals surface area contributed by atoms with Gasteiger partial charge in [-0.2, -0.15) is 0 Å². The molecule has 6 nitrogen and oxygen atoms in total. The fourth-order valence-electron chi connectivity index (χ4n) is 7.61. The maximum absolute atomic E-state index is 12.8. The van der Waals surface area contributed by atoms with Gasteiger partial charge in [0.15, 0.2) is 6.10 Å². The second kappa shape index (κ2) is 51.0. The van der Waals surface area contributed by atoms with Crippen LogP contribution in [-0.2, 0) is 28.6 Å². The van der Waals surface area contributed by atoms with E-state index in [9.17, 15) is 14.4 Å². The highest BCUT2D eigenvalue weighted by Crippen LogP contribution is 2.16. The summed E-state index contributed by atoms with van der Waals surface area (Å²) in [6.45, 7) is 6.51. The van der Waals surface area contributed by atoms with Crippen LogP contribution in [0, 0.1) is 0 Å². The van der Waals surface area contributed by atoms with E-state index in [1.165, 1.54) is 135 Å². The molecular formula is C56H100O6. The third kappa shape index (κ3) is 48.4. The first-order chi connectivity index (χ1) is 30.5. The van der Waals surface area contributed by atoms with Crippen LogP contribution in [0.2, 0.25) is 0 Å². The maximum Gasteiger partial charge on any atom is 0.306 e. The van der Waals surface area contributed by atoms with Crippen molar-refractivity contribution >= 4 is 17.9 Å². The van der Waals surface area contributed by atoms with Gasteiger partial charge in [0.05, 0.1) is 0 Å². The minimum Gasteiger partial charge on any atom is -0.462 e. The summed E-state index contributed by atoms with van der Waals surface area (Å²) in [5.41, 5.74) is 0. The van der Waals surface area contributed by atoms with Gasteiger partial charge in [0, 0.05) is 19.3 Å². The van der Waals surface area contributed by atoms with E-state index in [2.05, 4.69) is 69.4 Å². The van der Waals surface area contributed by atoms with Crippen LogP contribution in [0.5, 0.6) is 0 Å². The molecule has 0 bridgehead atoms. The summed E-state index contributed by atoms with van der Waals surface area (Å²) in [4.78, 5) is 37.9. The van der Waals surface area contributed by atoms with Crippen LogP contribution in [0.1, 0.15) is 271 Å². The fraction of sp³-hybridized carbons (Fsp3) is 0.804. The number of hydrogen-bond donors (Lipinski definition) is 0. The molecule has 0 fully saturated rings. The van der Waals surface area contributed by atoms with Crippen molar-refractivity contribution in [1.82, 2.24) is 0 Å². The predicted molar refractivity (Wildman–Crippen MR) is 265 cm³/mol. The minimum absolute atomic E-state index is 0.0796. The van der Waals surface area contributed by atoms with Gasteiger partial charge < -0.3 is 14.2 Å². The Bertz CT molecular complexity index is 1090. The summed E-state index contributed by atoms with van der Waals surface area (Å²) >= 11 is 0. The molecule has 0 saturated carbocycles. The number of hydrogen-bond acceptors (Lipinski definition) is 6. The van der Waals surface area contributed by atoms with Crippen molar-refractivity contribution in [1.29, 1.82) is 0 Å². The van der Waals surface area contributed by atoms with Gasteiger partial charge in [-0.05, 0) is 57.8 Å². The number of carbonyl (C=O) groups excluding carboxylic acids is 3. The topological polar surface area (TPSA) is 78.9 Å². The molecule has 1 atom stereocenters. The van der Waals surface area contributed by atoms with Gasteiger partial charge >= 0.3 is 17.9 Å². The van der Waals surface area contributed by atoms with Crippen LogP contribution in [0.3, 0.4) is 0 Å². The number of carbonyl (C=O) groups is 3. The van der Waals surface area contributed by atoms with Crippen LogP contribution in [0.15, 0.2) is 48.6 Å². The van der Waals surface area contributed by atoms with Crippen molar-refractivity contribution in [3.8, 4) is 0 Å². The average Bonchev–Trinajstić information content (AvgIpc) is 3.27. The molecule has 0 spiro atoms. The molecule has 0 amide bonds. The Morgan fingerprint density at radius 2 is 0.629 bits per heavy atom. The lowest BCUT2D eigenvalue weighted by Crippen LogP contribution is -2.30. The molecule has 0 N–H and O–H groups in total. The highest BCUT2D eigenvalue weighted by atomic mass is 16.6. The summed E-state index contributed by atoms with van der Waals surface area (Å²) in [7, 11) is 0. The quantitative estimate of drug-likeness (QED) is 0.0262. The van der Waals surface area contributed by atoms with Gasteiger partial charge in [-0.15, -0.1) is 0 Å². The Balaban J connectivity index is 4.32. The Morgan fingerprint density at radius 3 is 0.984 bits per heavy atom. The Hall–Kier alpha value is -2.63. The molecule has 6 heteroatoms. The standard InChI is InChI=1S/C56H100O6/c1-4-7-10-13-16-19-21-23-25-27-29-30-32-34-37-40-43-46-49-55(58)61-52-53(51-60-54(57)48-45-42-39-36-18-15-12-9-6-3)62-56(59)50-47-44-41-38-35-33-31-28-26-24-22-20-17-14-11-8-5-2/h8,11,17,20,24,26,31,33,53H,4-7,9-10,12-16,18-19,21-23,25,27-30,32,34-52H2,1-3H3/b11-8-,20-17-,26-24-,33-31-. The largest absolute Gasteiger partial charge is 0.462 e. The molecule has 0 aromatic carbocycles. The van der Waals surface area contributed by atoms with Gasteiger partial charge in [-0.25, -0.2) is 0 Å². The molecule has 0 aliphatic heterocycles.